The number of fused-ring (bicyclic) bond motifs is 1. The second-order valence-electron chi connectivity index (χ2n) is 5.91. The van der Waals surface area contributed by atoms with E-state index in [1.807, 2.05) is 66.7 Å². The van der Waals surface area contributed by atoms with E-state index < -0.39 is 0 Å². The monoisotopic (exact) mass is 352 g/mol. The second kappa shape index (κ2) is 7.62. The summed E-state index contributed by atoms with van der Waals surface area (Å²) in [4.78, 5) is 21.5. The number of nitrogens with zero attached hydrogens (tertiary/aromatic N) is 2. The lowest BCUT2D eigenvalue weighted by Gasteiger charge is -2.02. The smallest absolute Gasteiger partial charge is 0.231 e. The standard InChI is InChI=1S/C23H16N2O2/c26-22(18-11-7-15-24-16-18)19(12-6-10-17-8-2-1-3-9-17)23-25-20-13-4-5-14-21(20)27-23/h1-16H/b10-6+,19-12+. The van der Waals surface area contributed by atoms with E-state index in [2.05, 4.69) is 9.97 Å². The Morgan fingerprint density at radius 1 is 0.926 bits per heavy atom. The van der Waals surface area contributed by atoms with Crippen LogP contribution in [0.3, 0.4) is 0 Å². The lowest BCUT2D eigenvalue weighted by Crippen LogP contribution is -2.03. The summed E-state index contributed by atoms with van der Waals surface area (Å²) >= 11 is 0. The fraction of sp³-hybridized carbons (Fsp3) is 0. The molecule has 27 heavy (non-hydrogen) atoms. The van der Waals surface area contributed by atoms with Gasteiger partial charge in [0.2, 0.25) is 5.89 Å². The first-order valence-electron chi connectivity index (χ1n) is 8.55. The van der Waals surface area contributed by atoms with E-state index in [-0.39, 0.29) is 5.78 Å². The number of carbonyl (C=O) groups excluding carboxylic acids is 1. The number of rotatable bonds is 5. The summed E-state index contributed by atoms with van der Waals surface area (Å²) in [5.41, 5.74) is 3.26. The summed E-state index contributed by atoms with van der Waals surface area (Å²) in [5, 5.41) is 0. The van der Waals surface area contributed by atoms with Crippen molar-refractivity contribution in [1.82, 2.24) is 9.97 Å². The highest BCUT2D eigenvalue weighted by Gasteiger charge is 2.19. The number of ketones is 1. The van der Waals surface area contributed by atoms with E-state index in [1.54, 1.807) is 30.6 Å². The first-order valence-corrected chi connectivity index (χ1v) is 8.55. The molecular formula is C23H16N2O2. The van der Waals surface area contributed by atoms with Crippen molar-refractivity contribution in [3.63, 3.8) is 0 Å². The van der Waals surface area contributed by atoms with Gasteiger partial charge < -0.3 is 4.42 Å². The maximum Gasteiger partial charge on any atom is 0.231 e. The quantitative estimate of drug-likeness (QED) is 0.281. The molecule has 0 unspecified atom stereocenters. The number of allylic oxidation sites excluding steroid dienone is 3. The molecule has 2 heterocycles. The Hall–Kier alpha value is -3.79. The zero-order valence-corrected chi connectivity index (χ0v) is 14.4. The third-order valence-corrected chi connectivity index (χ3v) is 4.04. The van der Waals surface area contributed by atoms with E-state index in [0.717, 1.165) is 5.56 Å². The van der Waals surface area contributed by atoms with Gasteiger partial charge in [0.1, 0.15) is 5.52 Å². The summed E-state index contributed by atoms with van der Waals surface area (Å²) in [7, 11) is 0. The number of hydrogen-bond acceptors (Lipinski definition) is 4. The fourth-order valence-electron chi connectivity index (χ4n) is 2.70. The zero-order valence-electron chi connectivity index (χ0n) is 14.4. The number of Topliss-reactive ketones (excluding diaryl/α,β-unsaturated/α-hetero) is 1. The Bertz CT molecular complexity index is 1090. The van der Waals surface area contributed by atoms with Gasteiger partial charge in [0.15, 0.2) is 11.4 Å². The molecule has 0 N–H and O–H groups in total. The van der Waals surface area contributed by atoms with Crippen molar-refractivity contribution >= 4 is 28.5 Å². The molecule has 0 aliphatic carbocycles. The summed E-state index contributed by atoms with van der Waals surface area (Å²) in [6.45, 7) is 0. The zero-order chi connectivity index (χ0) is 18.5. The Kier molecular flexibility index (Phi) is 4.70. The van der Waals surface area contributed by atoms with Gasteiger partial charge in [-0.2, -0.15) is 0 Å². The average Bonchev–Trinajstić information content (AvgIpc) is 3.16. The van der Waals surface area contributed by atoms with Crippen LogP contribution in [0.2, 0.25) is 0 Å². The first kappa shape index (κ1) is 16.7. The molecule has 4 nitrogen and oxygen atoms in total. The van der Waals surface area contributed by atoms with Crippen LogP contribution in [0.25, 0.3) is 22.7 Å². The van der Waals surface area contributed by atoms with Crippen LogP contribution in [-0.4, -0.2) is 15.8 Å². The summed E-state index contributed by atoms with van der Waals surface area (Å²) in [5.74, 6) is 0.107. The SMILES string of the molecule is O=C(/C(=C\C=C\c1ccccc1)c1nc2ccccc2o1)c1cccnc1. The van der Waals surface area contributed by atoms with E-state index >= 15 is 0 Å². The summed E-state index contributed by atoms with van der Waals surface area (Å²) < 4.78 is 5.82. The van der Waals surface area contributed by atoms with Gasteiger partial charge in [0.25, 0.3) is 0 Å². The van der Waals surface area contributed by atoms with Crippen LogP contribution >= 0.6 is 0 Å². The van der Waals surface area contributed by atoms with E-state index in [4.69, 9.17) is 4.42 Å². The van der Waals surface area contributed by atoms with Gasteiger partial charge in [-0.1, -0.05) is 54.6 Å². The van der Waals surface area contributed by atoms with Crippen LogP contribution in [-0.2, 0) is 0 Å². The van der Waals surface area contributed by atoms with Crippen LogP contribution in [0.1, 0.15) is 21.8 Å². The van der Waals surface area contributed by atoms with Crippen molar-refractivity contribution in [2.75, 3.05) is 0 Å². The number of aromatic nitrogens is 2. The fourth-order valence-corrected chi connectivity index (χ4v) is 2.70. The second-order valence-corrected chi connectivity index (χ2v) is 5.91. The average molecular weight is 352 g/mol. The van der Waals surface area contributed by atoms with Gasteiger partial charge >= 0.3 is 0 Å². The van der Waals surface area contributed by atoms with Gasteiger partial charge in [-0.3, -0.25) is 9.78 Å². The molecular weight excluding hydrogens is 336 g/mol. The van der Waals surface area contributed by atoms with Crippen molar-refractivity contribution in [3.05, 3.63) is 108 Å². The van der Waals surface area contributed by atoms with Crippen LogP contribution < -0.4 is 0 Å². The molecule has 2 aromatic heterocycles. The summed E-state index contributed by atoms with van der Waals surface area (Å²) in [6.07, 6.45) is 8.66. The third kappa shape index (κ3) is 3.75. The molecule has 0 bridgehead atoms. The number of oxazole rings is 1. The number of carbonyl (C=O) groups is 1. The number of pyridine rings is 1. The van der Waals surface area contributed by atoms with Gasteiger partial charge in [-0.15, -0.1) is 0 Å². The van der Waals surface area contributed by atoms with Crippen molar-refractivity contribution in [2.24, 2.45) is 0 Å². The normalized spacial score (nSPS) is 11.9. The molecule has 2 aromatic carbocycles. The highest BCUT2D eigenvalue weighted by molar-refractivity contribution is 6.28. The van der Waals surface area contributed by atoms with Crippen molar-refractivity contribution in [3.8, 4) is 0 Å². The molecule has 4 heteroatoms. The number of hydrogen-bond donors (Lipinski definition) is 0. The van der Waals surface area contributed by atoms with Crippen molar-refractivity contribution < 1.29 is 9.21 Å². The molecule has 4 aromatic rings. The maximum absolute atomic E-state index is 13.0. The van der Waals surface area contributed by atoms with Crippen LogP contribution in [0, 0.1) is 0 Å². The predicted octanol–water partition coefficient (Wildman–Crippen LogP) is 5.20. The number of para-hydroxylation sites is 2. The predicted molar refractivity (Wildman–Crippen MR) is 106 cm³/mol. The Morgan fingerprint density at radius 2 is 1.74 bits per heavy atom. The third-order valence-electron chi connectivity index (χ3n) is 4.04. The Labute approximate surface area is 156 Å². The van der Waals surface area contributed by atoms with Crippen LogP contribution in [0.5, 0.6) is 0 Å². The minimum absolute atomic E-state index is 0.188. The molecule has 4 rings (SSSR count). The Morgan fingerprint density at radius 3 is 2.52 bits per heavy atom. The van der Waals surface area contributed by atoms with E-state index in [0.29, 0.717) is 28.1 Å². The molecule has 0 atom stereocenters. The molecule has 0 amide bonds. The highest BCUT2D eigenvalue weighted by Crippen LogP contribution is 2.24. The molecule has 0 spiro atoms. The van der Waals surface area contributed by atoms with Gasteiger partial charge in [0, 0.05) is 18.0 Å². The van der Waals surface area contributed by atoms with Crippen LogP contribution in [0.15, 0.2) is 95.7 Å². The molecule has 0 aliphatic heterocycles. The first-order chi connectivity index (χ1) is 13.3. The lowest BCUT2D eigenvalue weighted by atomic mass is 10.0. The van der Waals surface area contributed by atoms with Gasteiger partial charge in [-0.25, -0.2) is 4.98 Å². The molecule has 0 saturated carbocycles. The lowest BCUT2D eigenvalue weighted by molar-refractivity contribution is 0.105. The van der Waals surface area contributed by atoms with Crippen molar-refractivity contribution in [1.29, 1.82) is 0 Å². The minimum Gasteiger partial charge on any atom is -0.436 e. The largest absolute Gasteiger partial charge is 0.436 e. The topological polar surface area (TPSA) is 56.0 Å². The van der Waals surface area contributed by atoms with Crippen LogP contribution in [0.4, 0.5) is 0 Å². The molecule has 130 valence electrons. The van der Waals surface area contributed by atoms with Crippen molar-refractivity contribution in [2.45, 2.75) is 0 Å². The van der Waals surface area contributed by atoms with E-state index in [1.165, 1.54) is 0 Å². The number of benzene rings is 2. The van der Waals surface area contributed by atoms with Gasteiger partial charge in [0.05, 0.1) is 5.57 Å². The molecule has 0 radical (unpaired) electrons. The highest BCUT2D eigenvalue weighted by atomic mass is 16.3. The Balaban J connectivity index is 1.76. The molecule has 0 saturated heterocycles. The van der Waals surface area contributed by atoms with E-state index in [9.17, 15) is 4.79 Å². The molecule has 0 fully saturated rings. The maximum atomic E-state index is 13.0. The minimum atomic E-state index is -0.188. The summed E-state index contributed by atoms with van der Waals surface area (Å²) in [6, 6.07) is 20.8. The van der Waals surface area contributed by atoms with Gasteiger partial charge in [-0.05, 0) is 35.9 Å². The molecule has 0 aliphatic rings.